The number of halogens is 1. The van der Waals surface area contributed by atoms with Crippen molar-refractivity contribution in [3.8, 4) is 6.07 Å². The minimum Gasteiger partial charge on any atom is -0.477 e. The molecule has 4 N–H and O–H groups in total. The molecule has 0 spiro atoms. The van der Waals surface area contributed by atoms with Gasteiger partial charge in [0.2, 0.25) is 0 Å². The molecule has 2 rings (SSSR count). The Bertz CT molecular complexity index is 790. The maximum Gasteiger partial charge on any atom is 0.354 e. The number of carbonyl (C=O) groups is 2. The van der Waals surface area contributed by atoms with Gasteiger partial charge in [0, 0.05) is 24.8 Å². The predicted molar refractivity (Wildman–Crippen MR) is 79.3 cm³/mol. The Labute approximate surface area is 130 Å². The van der Waals surface area contributed by atoms with E-state index in [1.807, 2.05) is 6.07 Å². The summed E-state index contributed by atoms with van der Waals surface area (Å²) in [6.07, 6.45) is 1.32. The molecule has 0 saturated heterocycles. The summed E-state index contributed by atoms with van der Waals surface area (Å²) in [6, 6.07) is 6.83. The van der Waals surface area contributed by atoms with E-state index in [1.54, 1.807) is 0 Å². The number of carboxylic acid groups (broad SMARTS) is 1. The first kappa shape index (κ1) is 16.0. The summed E-state index contributed by atoms with van der Waals surface area (Å²) >= 11 is 0. The lowest BCUT2D eigenvalue weighted by atomic mass is 10.2. The molecule has 0 aliphatic carbocycles. The lowest BCUT2D eigenvalue weighted by Gasteiger charge is -2.08. The number of aromatic carboxylic acids is 1. The quantitative estimate of drug-likeness (QED) is 0.765. The fourth-order valence-electron chi connectivity index (χ4n) is 2.07. The van der Waals surface area contributed by atoms with Crippen LogP contribution in [0.4, 0.5) is 10.1 Å². The Morgan fingerprint density at radius 1 is 1.35 bits per heavy atom. The fourth-order valence-corrected chi connectivity index (χ4v) is 2.07. The maximum atomic E-state index is 12.8. The van der Waals surface area contributed by atoms with E-state index in [0.717, 1.165) is 0 Å². The monoisotopic (exact) mass is 316 g/mol. The number of nitriles is 1. The van der Waals surface area contributed by atoms with Crippen LogP contribution in [0.3, 0.4) is 0 Å². The molecule has 0 atom stereocenters. The molecule has 0 radical (unpaired) electrons. The van der Waals surface area contributed by atoms with Crippen LogP contribution in [0.5, 0.6) is 0 Å². The van der Waals surface area contributed by atoms with Gasteiger partial charge in [0.05, 0.1) is 11.3 Å². The Balaban J connectivity index is 2.04. The molecule has 8 heteroatoms. The number of nitrogen functional groups attached to an aromatic ring is 1. The highest BCUT2D eigenvalue weighted by Gasteiger charge is 2.19. The van der Waals surface area contributed by atoms with Gasteiger partial charge >= 0.3 is 5.97 Å². The van der Waals surface area contributed by atoms with Crippen LogP contribution >= 0.6 is 0 Å². The number of nitrogens with one attached hydrogen (secondary N) is 1. The summed E-state index contributed by atoms with van der Waals surface area (Å²) in [4.78, 5) is 23.0. The molecule has 0 bridgehead atoms. The van der Waals surface area contributed by atoms with E-state index in [2.05, 4.69) is 5.32 Å². The number of anilines is 1. The minimum atomic E-state index is -1.26. The van der Waals surface area contributed by atoms with Gasteiger partial charge < -0.3 is 20.7 Å². The van der Waals surface area contributed by atoms with Gasteiger partial charge in [-0.2, -0.15) is 5.26 Å². The SMILES string of the molecule is N#Cc1cn(CCNC(=O)c2ccc(F)cc2)c(C(=O)O)c1N. The topological polar surface area (TPSA) is 121 Å². The van der Waals surface area contributed by atoms with Crippen molar-refractivity contribution in [2.45, 2.75) is 6.54 Å². The van der Waals surface area contributed by atoms with E-state index in [9.17, 15) is 14.0 Å². The summed E-state index contributed by atoms with van der Waals surface area (Å²) in [5.41, 5.74) is 5.65. The van der Waals surface area contributed by atoms with Gasteiger partial charge in [0.15, 0.2) is 5.69 Å². The molecule has 2 aromatic rings. The second-order valence-electron chi connectivity index (χ2n) is 4.68. The number of aromatic nitrogens is 1. The third-order valence-electron chi connectivity index (χ3n) is 3.19. The van der Waals surface area contributed by atoms with Crippen molar-refractivity contribution >= 4 is 17.6 Å². The zero-order chi connectivity index (χ0) is 17.0. The van der Waals surface area contributed by atoms with Crippen LogP contribution in [0.2, 0.25) is 0 Å². The van der Waals surface area contributed by atoms with Crippen LogP contribution in [0.15, 0.2) is 30.5 Å². The lowest BCUT2D eigenvalue weighted by Crippen LogP contribution is -2.27. The Kier molecular flexibility index (Phi) is 4.61. The molecular weight excluding hydrogens is 303 g/mol. The van der Waals surface area contributed by atoms with Crippen LogP contribution < -0.4 is 11.1 Å². The van der Waals surface area contributed by atoms with E-state index < -0.39 is 17.7 Å². The summed E-state index contributed by atoms with van der Waals surface area (Å²) in [5, 5.41) is 20.6. The Morgan fingerprint density at radius 2 is 2.00 bits per heavy atom. The van der Waals surface area contributed by atoms with Crippen molar-refractivity contribution in [3.63, 3.8) is 0 Å². The number of carboxylic acids is 1. The maximum absolute atomic E-state index is 12.8. The summed E-state index contributed by atoms with van der Waals surface area (Å²) < 4.78 is 14.1. The molecule has 1 heterocycles. The van der Waals surface area contributed by atoms with Crippen molar-refractivity contribution < 1.29 is 19.1 Å². The highest BCUT2D eigenvalue weighted by molar-refractivity contribution is 5.94. The highest BCUT2D eigenvalue weighted by Crippen LogP contribution is 2.19. The van der Waals surface area contributed by atoms with Gasteiger partial charge in [-0.3, -0.25) is 4.79 Å². The molecule has 0 fully saturated rings. The van der Waals surface area contributed by atoms with E-state index in [0.29, 0.717) is 0 Å². The molecule has 0 aliphatic heterocycles. The third-order valence-corrected chi connectivity index (χ3v) is 3.19. The molecule has 23 heavy (non-hydrogen) atoms. The van der Waals surface area contributed by atoms with Crippen molar-refractivity contribution in [1.82, 2.24) is 9.88 Å². The number of carbonyl (C=O) groups excluding carboxylic acids is 1. The fraction of sp³-hybridized carbons (Fsp3) is 0.133. The molecule has 1 aromatic heterocycles. The third kappa shape index (κ3) is 3.47. The molecule has 118 valence electrons. The number of nitrogens with zero attached hydrogens (tertiary/aromatic N) is 2. The van der Waals surface area contributed by atoms with Crippen LogP contribution in [0.1, 0.15) is 26.4 Å². The van der Waals surface area contributed by atoms with Crippen molar-refractivity contribution in [2.24, 2.45) is 0 Å². The van der Waals surface area contributed by atoms with Crippen LogP contribution in [0.25, 0.3) is 0 Å². The van der Waals surface area contributed by atoms with Gasteiger partial charge in [0.25, 0.3) is 5.91 Å². The molecule has 0 aliphatic rings. The number of amides is 1. The largest absolute Gasteiger partial charge is 0.477 e. The molecule has 0 unspecified atom stereocenters. The molecule has 1 amide bonds. The van der Waals surface area contributed by atoms with Gasteiger partial charge in [0.1, 0.15) is 11.9 Å². The van der Waals surface area contributed by atoms with E-state index in [-0.39, 0.29) is 35.6 Å². The van der Waals surface area contributed by atoms with Gasteiger partial charge in [-0.1, -0.05) is 0 Å². The number of hydrogen-bond acceptors (Lipinski definition) is 4. The number of nitrogens with two attached hydrogens (primary N) is 1. The lowest BCUT2D eigenvalue weighted by molar-refractivity contribution is 0.0686. The summed E-state index contributed by atoms with van der Waals surface area (Å²) in [7, 11) is 0. The van der Waals surface area contributed by atoms with E-state index in [4.69, 9.17) is 16.1 Å². The normalized spacial score (nSPS) is 10.1. The Hall–Kier alpha value is -3.34. The minimum absolute atomic E-state index is 0.0623. The molecule has 0 saturated carbocycles. The van der Waals surface area contributed by atoms with Gasteiger partial charge in [-0.25, -0.2) is 9.18 Å². The first-order valence-electron chi connectivity index (χ1n) is 6.59. The number of benzene rings is 1. The summed E-state index contributed by atoms with van der Waals surface area (Å²) in [5.74, 6) is -2.11. The molecular formula is C15H13FN4O3. The van der Waals surface area contributed by atoms with Crippen LogP contribution in [-0.4, -0.2) is 28.1 Å². The van der Waals surface area contributed by atoms with Crippen LogP contribution in [0, 0.1) is 17.1 Å². The van der Waals surface area contributed by atoms with Gasteiger partial charge in [-0.05, 0) is 24.3 Å². The zero-order valence-electron chi connectivity index (χ0n) is 11.9. The first-order chi connectivity index (χ1) is 10.9. The standard InChI is InChI=1S/C15H13FN4O3/c16-11-3-1-9(2-4-11)14(21)19-5-6-20-8-10(7-17)12(18)13(20)15(22)23/h1-4,8H,5-6,18H2,(H,19,21)(H,22,23). The average molecular weight is 316 g/mol. The van der Waals surface area contributed by atoms with Crippen LogP contribution in [-0.2, 0) is 6.54 Å². The Morgan fingerprint density at radius 3 is 2.57 bits per heavy atom. The number of hydrogen-bond donors (Lipinski definition) is 3. The molecule has 1 aromatic carbocycles. The van der Waals surface area contributed by atoms with Gasteiger partial charge in [-0.15, -0.1) is 0 Å². The smallest absolute Gasteiger partial charge is 0.354 e. The zero-order valence-corrected chi connectivity index (χ0v) is 11.9. The van der Waals surface area contributed by atoms with E-state index in [1.165, 1.54) is 35.0 Å². The molecule has 7 nitrogen and oxygen atoms in total. The summed E-state index contributed by atoms with van der Waals surface area (Å²) in [6.45, 7) is 0.246. The predicted octanol–water partition coefficient (Wildman–Crippen LogP) is 1.21. The van der Waals surface area contributed by atoms with Crippen molar-refractivity contribution in [1.29, 1.82) is 5.26 Å². The average Bonchev–Trinajstić information content (AvgIpc) is 2.83. The number of rotatable bonds is 5. The second kappa shape index (κ2) is 6.62. The van der Waals surface area contributed by atoms with Crippen molar-refractivity contribution in [2.75, 3.05) is 12.3 Å². The van der Waals surface area contributed by atoms with Crippen molar-refractivity contribution in [3.05, 3.63) is 53.1 Å². The first-order valence-corrected chi connectivity index (χ1v) is 6.59. The van der Waals surface area contributed by atoms with E-state index >= 15 is 0 Å². The second-order valence-corrected chi connectivity index (χ2v) is 4.68. The highest BCUT2D eigenvalue weighted by atomic mass is 19.1.